The number of thiophene rings is 1. The molecule has 0 bridgehead atoms. The average Bonchev–Trinajstić information content (AvgIpc) is 3.26. The van der Waals surface area contributed by atoms with E-state index >= 15 is 0 Å². The summed E-state index contributed by atoms with van der Waals surface area (Å²) < 4.78 is 0. The molecule has 2 heterocycles. The fourth-order valence-corrected chi connectivity index (χ4v) is 3.88. The van der Waals surface area contributed by atoms with E-state index in [0.717, 1.165) is 32.7 Å². The molecule has 1 fully saturated rings. The molecule has 1 N–H and O–H groups in total. The Morgan fingerprint density at radius 1 is 1.19 bits per heavy atom. The molecule has 0 saturated carbocycles. The smallest absolute Gasteiger partial charge is 0.293 e. The van der Waals surface area contributed by atoms with Crippen LogP contribution in [-0.4, -0.2) is 35.0 Å². The first-order valence-corrected chi connectivity index (χ1v) is 10.0. The molecule has 1 aromatic heterocycles. The maximum Gasteiger partial charge on any atom is 0.293 e. The van der Waals surface area contributed by atoms with Gasteiger partial charge in [0.1, 0.15) is 0 Å². The van der Waals surface area contributed by atoms with Gasteiger partial charge in [-0.1, -0.05) is 35.9 Å². The van der Waals surface area contributed by atoms with Gasteiger partial charge >= 0.3 is 0 Å². The average molecular weight is 399 g/mol. The number of hydrogen-bond donors (Lipinski definition) is 1. The molecular weight excluding hydrogens is 380 g/mol. The minimum Gasteiger partial charge on any atom is -0.351 e. The molecule has 2 aromatic rings. The summed E-state index contributed by atoms with van der Waals surface area (Å²) in [6, 6.07) is 11.5. The van der Waals surface area contributed by atoms with Crippen LogP contribution >= 0.6 is 23.1 Å². The van der Waals surface area contributed by atoms with E-state index in [0.29, 0.717) is 4.91 Å². The summed E-state index contributed by atoms with van der Waals surface area (Å²) in [6.07, 6.45) is 4.88. The first-order valence-electron chi connectivity index (χ1n) is 8.34. The van der Waals surface area contributed by atoms with Crippen LogP contribution in [0.2, 0.25) is 0 Å². The van der Waals surface area contributed by atoms with Crippen molar-refractivity contribution >= 4 is 52.3 Å². The van der Waals surface area contributed by atoms with Crippen LogP contribution in [0.25, 0.3) is 12.2 Å². The Morgan fingerprint density at radius 2 is 1.96 bits per heavy atom. The van der Waals surface area contributed by atoms with Crippen LogP contribution in [0.3, 0.4) is 0 Å². The predicted molar refractivity (Wildman–Crippen MR) is 110 cm³/mol. The molecule has 1 aliphatic heterocycles. The van der Waals surface area contributed by atoms with Crippen molar-refractivity contribution in [2.24, 2.45) is 0 Å². The summed E-state index contributed by atoms with van der Waals surface area (Å²) in [5.41, 5.74) is 2.00. The number of carbonyl (C=O) groups is 3. The zero-order chi connectivity index (χ0) is 19.2. The highest BCUT2D eigenvalue weighted by atomic mass is 32.2. The number of nitrogens with one attached hydrogen (secondary N) is 1. The van der Waals surface area contributed by atoms with E-state index < -0.39 is 0 Å². The van der Waals surface area contributed by atoms with E-state index in [1.54, 1.807) is 12.2 Å². The van der Waals surface area contributed by atoms with Gasteiger partial charge in [0.25, 0.3) is 11.1 Å². The summed E-state index contributed by atoms with van der Waals surface area (Å²) in [7, 11) is 0. The standard InChI is InChI=1S/C20H18N2O3S2/c1-14-4-6-15(7-5-14)13-17-19(24)22(20(25)27-17)11-10-21-18(23)9-8-16-3-2-12-26-16/h2-9,12-13H,10-11H2,1H3,(H,21,23)/b9-8+,17-13-. The molecule has 1 saturated heterocycles. The van der Waals surface area contributed by atoms with Crippen LogP contribution in [-0.2, 0) is 9.59 Å². The molecule has 138 valence electrons. The molecule has 1 aromatic carbocycles. The van der Waals surface area contributed by atoms with Gasteiger partial charge in [0, 0.05) is 24.0 Å². The molecule has 0 atom stereocenters. The summed E-state index contributed by atoms with van der Waals surface area (Å²) in [5.74, 6) is -0.584. The second-order valence-electron chi connectivity index (χ2n) is 5.88. The van der Waals surface area contributed by atoms with Gasteiger partial charge in [-0.05, 0) is 47.8 Å². The second kappa shape index (κ2) is 8.83. The predicted octanol–water partition coefficient (Wildman–Crippen LogP) is 3.92. The lowest BCUT2D eigenvalue weighted by Gasteiger charge is -2.12. The SMILES string of the molecule is Cc1ccc(/C=C2\SC(=O)N(CCNC(=O)/C=C/c3cccs3)C2=O)cc1. The van der Waals surface area contributed by atoms with E-state index in [4.69, 9.17) is 0 Å². The molecule has 0 spiro atoms. The van der Waals surface area contributed by atoms with Gasteiger partial charge < -0.3 is 5.32 Å². The number of aryl methyl sites for hydroxylation is 1. The van der Waals surface area contributed by atoms with Crippen molar-refractivity contribution in [3.05, 3.63) is 68.8 Å². The second-order valence-corrected chi connectivity index (χ2v) is 7.86. The molecular formula is C20H18N2O3S2. The number of hydrogen-bond acceptors (Lipinski definition) is 5. The fourth-order valence-electron chi connectivity index (χ4n) is 2.40. The molecule has 0 aliphatic carbocycles. The summed E-state index contributed by atoms with van der Waals surface area (Å²) in [5, 5.41) is 4.30. The van der Waals surface area contributed by atoms with Gasteiger partial charge in [-0.15, -0.1) is 11.3 Å². The summed E-state index contributed by atoms with van der Waals surface area (Å²) >= 11 is 2.46. The molecule has 3 amide bonds. The maximum absolute atomic E-state index is 12.4. The molecule has 27 heavy (non-hydrogen) atoms. The van der Waals surface area contributed by atoms with Crippen molar-refractivity contribution in [3.8, 4) is 0 Å². The van der Waals surface area contributed by atoms with Gasteiger partial charge in [-0.3, -0.25) is 19.3 Å². The van der Waals surface area contributed by atoms with E-state index in [2.05, 4.69) is 5.32 Å². The van der Waals surface area contributed by atoms with E-state index in [1.165, 1.54) is 17.4 Å². The highest BCUT2D eigenvalue weighted by molar-refractivity contribution is 8.18. The van der Waals surface area contributed by atoms with Crippen molar-refractivity contribution in [2.75, 3.05) is 13.1 Å². The quantitative estimate of drug-likeness (QED) is 0.749. The normalized spacial score (nSPS) is 15.9. The van der Waals surface area contributed by atoms with Gasteiger partial charge in [0.2, 0.25) is 5.91 Å². The van der Waals surface area contributed by atoms with E-state index in [9.17, 15) is 14.4 Å². The third-order valence-corrected chi connectivity index (χ3v) is 5.57. The largest absolute Gasteiger partial charge is 0.351 e. The lowest BCUT2D eigenvalue weighted by atomic mass is 10.1. The molecule has 1 aliphatic rings. The Labute approximate surface area is 165 Å². The van der Waals surface area contributed by atoms with Gasteiger partial charge in [-0.25, -0.2) is 0 Å². The minimum atomic E-state index is -0.325. The number of benzene rings is 1. The number of thioether (sulfide) groups is 1. The van der Waals surface area contributed by atoms with Crippen LogP contribution in [0.5, 0.6) is 0 Å². The third-order valence-electron chi connectivity index (χ3n) is 3.83. The first kappa shape index (κ1) is 19.1. The number of imide groups is 1. The van der Waals surface area contributed by atoms with Crippen LogP contribution in [0.15, 0.2) is 52.8 Å². The Balaban J connectivity index is 1.53. The Hall–Kier alpha value is -2.64. The van der Waals surface area contributed by atoms with Crippen molar-refractivity contribution < 1.29 is 14.4 Å². The van der Waals surface area contributed by atoms with Gasteiger partial charge in [-0.2, -0.15) is 0 Å². The molecule has 0 unspecified atom stereocenters. The molecule has 7 heteroatoms. The maximum atomic E-state index is 12.4. The van der Waals surface area contributed by atoms with Crippen LogP contribution in [0.4, 0.5) is 4.79 Å². The van der Waals surface area contributed by atoms with Crippen LogP contribution < -0.4 is 5.32 Å². The van der Waals surface area contributed by atoms with E-state index in [-0.39, 0.29) is 30.1 Å². The summed E-state index contributed by atoms with van der Waals surface area (Å²) in [6.45, 7) is 2.35. The fraction of sp³-hybridized carbons (Fsp3) is 0.150. The molecule has 3 rings (SSSR count). The number of carbonyl (C=O) groups excluding carboxylic acids is 3. The molecule has 5 nitrogen and oxygen atoms in total. The number of rotatable bonds is 6. The van der Waals surface area contributed by atoms with Crippen LogP contribution in [0.1, 0.15) is 16.0 Å². The highest BCUT2D eigenvalue weighted by Gasteiger charge is 2.34. The van der Waals surface area contributed by atoms with Gasteiger partial charge in [0.05, 0.1) is 4.91 Å². The van der Waals surface area contributed by atoms with Crippen LogP contribution in [0, 0.1) is 6.92 Å². The zero-order valence-corrected chi connectivity index (χ0v) is 16.3. The summed E-state index contributed by atoms with van der Waals surface area (Å²) in [4.78, 5) is 38.9. The number of nitrogens with zero attached hydrogens (tertiary/aromatic N) is 1. The number of amides is 3. The van der Waals surface area contributed by atoms with E-state index in [1.807, 2.05) is 48.7 Å². The zero-order valence-electron chi connectivity index (χ0n) is 14.7. The van der Waals surface area contributed by atoms with Gasteiger partial charge in [0.15, 0.2) is 0 Å². The highest BCUT2D eigenvalue weighted by Crippen LogP contribution is 2.31. The lowest BCUT2D eigenvalue weighted by Crippen LogP contribution is -2.36. The Morgan fingerprint density at radius 3 is 2.67 bits per heavy atom. The molecule has 0 radical (unpaired) electrons. The Kier molecular flexibility index (Phi) is 6.26. The lowest BCUT2D eigenvalue weighted by molar-refractivity contribution is -0.123. The Bertz CT molecular complexity index is 900. The van der Waals surface area contributed by atoms with Crippen molar-refractivity contribution in [1.82, 2.24) is 10.2 Å². The topological polar surface area (TPSA) is 66.5 Å². The van der Waals surface area contributed by atoms with Crippen molar-refractivity contribution in [3.63, 3.8) is 0 Å². The van der Waals surface area contributed by atoms with Crippen molar-refractivity contribution in [1.29, 1.82) is 0 Å². The minimum absolute atomic E-state index is 0.147. The van der Waals surface area contributed by atoms with Crippen molar-refractivity contribution in [2.45, 2.75) is 6.92 Å². The monoisotopic (exact) mass is 398 g/mol. The first-order chi connectivity index (χ1) is 13.0. The third kappa shape index (κ3) is 5.18.